The van der Waals surface area contributed by atoms with Gasteiger partial charge in [-0.25, -0.2) is 0 Å². The third-order valence-electron chi connectivity index (χ3n) is 6.18. The van der Waals surface area contributed by atoms with E-state index < -0.39 is 18.0 Å². The Morgan fingerprint density at radius 1 is 1.12 bits per heavy atom. The second kappa shape index (κ2) is 10.4. The molecule has 1 unspecified atom stereocenters. The molecule has 0 aliphatic carbocycles. The standard InChI is InChI=1S/C24H27ClF3N3O2/c25-20-7-5-18-14-29-21(23(32)24(26,27)28)8-6-19(18)22(20)30-13-16-1-3-17(4-2-16)15-31-9-11-33-12-10-31/h1-5,7,21,29-30H,6,8-15H2. The second-order valence-electron chi connectivity index (χ2n) is 8.45. The number of hydrogen-bond acceptors (Lipinski definition) is 5. The number of carbonyl (C=O) groups is 1. The van der Waals surface area contributed by atoms with Gasteiger partial charge in [-0.1, -0.05) is 41.9 Å². The molecule has 2 aliphatic rings. The normalized spacial score (nSPS) is 19.6. The lowest BCUT2D eigenvalue weighted by Gasteiger charge is -2.26. The predicted octanol–water partition coefficient (Wildman–Crippen LogP) is 4.32. The van der Waals surface area contributed by atoms with Crippen molar-refractivity contribution in [3.8, 4) is 0 Å². The van der Waals surface area contributed by atoms with Gasteiger partial charge in [0.2, 0.25) is 0 Å². The molecule has 4 rings (SSSR count). The SMILES string of the molecule is O=C(C1CCc2c(ccc(Cl)c2NCc2ccc(CN3CCOCC3)cc2)CN1)C(F)(F)F. The summed E-state index contributed by atoms with van der Waals surface area (Å²) in [6, 6.07) is 10.6. The van der Waals surface area contributed by atoms with Crippen LogP contribution in [0.2, 0.25) is 5.02 Å². The van der Waals surface area contributed by atoms with E-state index in [2.05, 4.69) is 39.8 Å². The van der Waals surface area contributed by atoms with Crippen molar-refractivity contribution in [1.29, 1.82) is 0 Å². The number of Topliss-reactive ketones (excluding diaryl/α,β-unsaturated/α-hetero) is 1. The number of fused-ring (bicyclic) bond motifs is 1. The lowest BCUT2D eigenvalue weighted by molar-refractivity contribution is -0.173. The Hall–Kier alpha value is -2.13. The van der Waals surface area contributed by atoms with Crippen LogP contribution in [-0.2, 0) is 35.6 Å². The van der Waals surface area contributed by atoms with Crippen LogP contribution < -0.4 is 10.6 Å². The van der Waals surface area contributed by atoms with Gasteiger partial charge in [-0.05, 0) is 41.2 Å². The number of benzene rings is 2. The molecule has 0 amide bonds. The minimum atomic E-state index is -4.85. The summed E-state index contributed by atoms with van der Waals surface area (Å²) in [5, 5.41) is 6.63. The van der Waals surface area contributed by atoms with Gasteiger partial charge in [0.15, 0.2) is 0 Å². The molecule has 0 radical (unpaired) electrons. The molecule has 9 heteroatoms. The molecule has 2 N–H and O–H groups in total. The van der Waals surface area contributed by atoms with Gasteiger partial charge >= 0.3 is 6.18 Å². The van der Waals surface area contributed by atoms with E-state index in [-0.39, 0.29) is 13.0 Å². The Balaban J connectivity index is 1.41. The van der Waals surface area contributed by atoms with Gasteiger partial charge in [0.25, 0.3) is 5.78 Å². The predicted molar refractivity (Wildman–Crippen MR) is 121 cm³/mol. The van der Waals surface area contributed by atoms with E-state index in [1.807, 2.05) is 0 Å². The first-order chi connectivity index (χ1) is 15.8. The van der Waals surface area contributed by atoms with E-state index in [1.54, 1.807) is 12.1 Å². The number of carbonyl (C=O) groups excluding carboxylic acids is 1. The Kier molecular flexibility index (Phi) is 7.58. The van der Waals surface area contributed by atoms with Crippen molar-refractivity contribution in [3.63, 3.8) is 0 Å². The van der Waals surface area contributed by atoms with Crippen LogP contribution in [0, 0.1) is 0 Å². The van der Waals surface area contributed by atoms with Crippen LogP contribution in [0.5, 0.6) is 0 Å². The molecule has 5 nitrogen and oxygen atoms in total. The van der Waals surface area contributed by atoms with Gasteiger partial charge in [-0.2, -0.15) is 13.2 Å². The zero-order valence-corrected chi connectivity index (χ0v) is 18.9. The number of anilines is 1. The molecule has 0 aromatic heterocycles. The molecule has 2 aliphatic heterocycles. The fourth-order valence-electron chi connectivity index (χ4n) is 4.32. The first-order valence-electron chi connectivity index (χ1n) is 11.1. The lowest BCUT2D eigenvalue weighted by atomic mass is 9.99. The Labute approximate surface area is 196 Å². The maximum Gasteiger partial charge on any atom is 0.451 e. The number of nitrogens with one attached hydrogen (secondary N) is 2. The number of nitrogens with zero attached hydrogens (tertiary/aromatic N) is 1. The van der Waals surface area contributed by atoms with Crippen molar-refractivity contribution in [3.05, 3.63) is 63.7 Å². The summed E-state index contributed by atoms with van der Waals surface area (Å²) in [7, 11) is 0. The van der Waals surface area contributed by atoms with Crippen LogP contribution in [-0.4, -0.2) is 49.2 Å². The Bertz CT molecular complexity index is 976. The summed E-state index contributed by atoms with van der Waals surface area (Å²) >= 11 is 6.44. The van der Waals surface area contributed by atoms with Gasteiger partial charge in [0, 0.05) is 32.7 Å². The zero-order valence-electron chi connectivity index (χ0n) is 18.2. The Morgan fingerprint density at radius 2 is 1.82 bits per heavy atom. The van der Waals surface area contributed by atoms with Crippen LogP contribution >= 0.6 is 11.6 Å². The highest BCUT2D eigenvalue weighted by Gasteiger charge is 2.43. The molecular formula is C24H27ClF3N3O2. The van der Waals surface area contributed by atoms with Crippen LogP contribution in [0.1, 0.15) is 28.7 Å². The highest BCUT2D eigenvalue weighted by atomic mass is 35.5. The maximum absolute atomic E-state index is 12.9. The van der Waals surface area contributed by atoms with Gasteiger partial charge in [0.05, 0.1) is 30.0 Å². The van der Waals surface area contributed by atoms with Crippen molar-refractivity contribution in [2.24, 2.45) is 0 Å². The number of morpholine rings is 1. The third kappa shape index (κ3) is 6.06. The fraction of sp³-hybridized carbons (Fsp3) is 0.458. The van der Waals surface area contributed by atoms with Crippen molar-refractivity contribution < 1.29 is 22.7 Å². The summed E-state index contributed by atoms with van der Waals surface area (Å²) in [5.41, 5.74) is 4.73. The van der Waals surface area contributed by atoms with Crippen molar-refractivity contribution in [1.82, 2.24) is 10.2 Å². The number of ether oxygens (including phenoxy) is 1. The van der Waals surface area contributed by atoms with Crippen molar-refractivity contribution in [2.45, 2.75) is 44.7 Å². The molecule has 0 bridgehead atoms. The van der Waals surface area contributed by atoms with Crippen LogP contribution in [0.15, 0.2) is 36.4 Å². The van der Waals surface area contributed by atoms with E-state index >= 15 is 0 Å². The summed E-state index contributed by atoms with van der Waals surface area (Å²) in [5.74, 6) is -1.73. The van der Waals surface area contributed by atoms with Crippen molar-refractivity contribution >= 4 is 23.1 Å². The van der Waals surface area contributed by atoms with Crippen LogP contribution in [0.25, 0.3) is 0 Å². The number of hydrogen-bond donors (Lipinski definition) is 2. The fourth-order valence-corrected chi connectivity index (χ4v) is 4.56. The zero-order chi connectivity index (χ0) is 23.4. The minimum absolute atomic E-state index is 0.0661. The van der Waals surface area contributed by atoms with Crippen molar-refractivity contribution in [2.75, 3.05) is 31.6 Å². The molecule has 2 aromatic carbocycles. The average molecular weight is 482 g/mol. The number of ketones is 1. The quantitative estimate of drug-likeness (QED) is 0.643. The van der Waals surface area contributed by atoms with Gasteiger partial charge < -0.3 is 15.4 Å². The highest BCUT2D eigenvalue weighted by molar-refractivity contribution is 6.33. The topological polar surface area (TPSA) is 53.6 Å². The molecule has 0 spiro atoms. The summed E-state index contributed by atoms with van der Waals surface area (Å²) in [6.45, 7) is 5.02. The van der Waals surface area contributed by atoms with Gasteiger partial charge in [0.1, 0.15) is 0 Å². The van der Waals surface area contributed by atoms with Gasteiger partial charge in [-0.3, -0.25) is 9.69 Å². The van der Waals surface area contributed by atoms with E-state index in [9.17, 15) is 18.0 Å². The smallest absolute Gasteiger partial charge is 0.380 e. The highest BCUT2D eigenvalue weighted by Crippen LogP contribution is 2.33. The van der Waals surface area contributed by atoms with E-state index in [0.717, 1.165) is 49.5 Å². The maximum atomic E-state index is 12.9. The van der Waals surface area contributed by atoms with E-state index in [0.29, 0.717) is 23.7 Å². The average Bonchev–Trinajstić information content (AvgIpc) is 3.02. The van der Waals surface area contributed by atoms with E-state index in [4.69, 9.17) is 16.3 Å². The number of halogens is 4. The molecular weight excluding hydrogens is 455 g/mol. The minimum Gasteiger partial charge on any atom is -0.380 e. The molecule has 33 heavy (non-hydrogen) atoms. The molecule has 2 aromatic rings. The van der Waals surface area contributed by atoms with E-state index in [1.165, 1.54) is 5.56 Å². The molecule has 1 atom stereocenters. The summed E-state index contributed by atoms with van der Waals surface area (Å²) in [4.78, 5) is 14.1. The molecule has 178 valence electrons. The number of rotatable bonds is 6. The molecule has 2 heterocycles. The first-order valence-corrected chi connectivity index (χ1v) is 11.5. The van der Waals surface area contributed by atoms with Crippen LogP contribution in [0.4, 0.5) is 18.9 Å². The molecule has 0 saturated carbocycles. The Morgan fingerprint density at radius 3 is 2.52 bits per heavy atom. The lowest BCUT2D eigenvalue weighted by Crippen LogP contribution is -2.43. The summed E-state index contributed by atoms with van der Waals surface area (Å²) < 4.78 is 44.0. The molecule has 1 saturated heterocycles. The largest absolute Gasteiger partial charge is 0.451 e. The van der Waals surface area contributed by atoms with Crippen LogP contribution in [0.3, 0.4) is 0 Å². The number of alkyl halides is 3. The monoisotopic (exact) mass is 481 g/mol. The van der Waals surface area contributed by atoms with Gasteiger partial charge in [-0.15, -0.1) is 0 Å². The summed E-state index contributed by atoms with van der Waals surface area (Å²) in [6.07, 6.45) is -4.45. The molecule has 1 fully saturated rings. The third-order valence-corrected chi connectivity index (χ3v) is 6.49. The first kappa shape index (κ1) is 24.0. The second-order valence-corrected chi connectivity index (χ2v) is 8.86.